The summed E-state index contributed by atoms with van der Waals surface area (Å²) < 4.78 is 53.4. The summed E-state index contributed by atoms with van der Waals surface area (Å²) in [5, 5.41) is 9.49. The van der Waals surface area contributed by atoms with E-state index in [1.54, 1.807) is 0 Å². The number of nitrogens with zero attached hydrogens (tertiary/aromatic N) is 1. The lowest BCUT2D eigenvalue weighted by atomic mass is 10.1. The van der Waals surface area contributed by atoms with Gasteiger partial charge in [-0.05, 0) is 56.7 Å². The molecule has 0 saturated heterocycles. The summed E-state index contributed by atoms with van der Waals surface area (Å²) in [6.07, 6.45) is -0.426. The van der Waals surface area contributed by atoms with Crippen LogP contribution in [-0.2, 0) is 21.2 Å². The number of rotatable bonds is 4. The molecule has 7 nitrogen and oxygen atoms in total. The summed E-state index contributed by atoms with van der Waals surface area (Å²) in [5.74, 6) is -0.972. The van der Waals surface area contributed by atoms with Gasteiger partial charge in [0.15, 0.2) is 11.5 Å². The van der Waals surface area contributed by atoms with Gasteiger partial charge in [-0.1, -0.05) is 0 Å². The average Bonchev–Trinajstić information content (AvgIpc) is 2.92. The van der Waals surface area contributed by atoms with Crippen LogP contribution in [0.15, 0.2) is 41.3 Å². The molecule has 2 heterocycles. The first-order chi connectivity index (χ1) is 14.0. The standard InChI is InChI=1S/C21H20FNO6S/c1-12-15(10-20(24)25)16-8-13(22)4-6-17(16)23(12)30(26,27)14-5-7-18-19(9-14)28-11-21(2,3)29-18/h4-9H,10-11H2,1-3H3,(H,24,25). The SMILES string of the molecule is Cc1c(CC(=O)O)c2cc(F)ccc2n1S(=O)(=O)c1ccc2c(c1)OCC(C)(C)O2. The Hall–Kier alpha value is -3.07. The molecule has 1 N–H and O–H groups in total. The van der Waals surface area contributed by atoms with Crippen LogP contribution in [0.3, 0.4) is 0 Å². The molecule has 0 aliphatic carbocycles. The minimum absolute atomic E-state index is 0.0456. The van der Waals surface area contributed by atoms with E-state index in [0.29, 0.717) is 11.5 Å². The Kier molecular flexibility index (Phi) is 4.54. The highest BCUT2D eigenvalue weighted by atomic mass is 32.2. The van der Waals surface area contributed by atoms with Gasteiger partial charge >= 0.3 is 5.97 Å². The van der Waals surface area contributed by atoms with Crippen molar-refractivity contribution in [3.63, 3.8) is 0 Å². The number of carboxylic acids is 1. The number of benzene rings is 2. The zero-order valence-corrected chi connectivity index (χ0v) is 17.4. The van der Waals surface area contributed by atoms with Gasteiger partial charge in [0.25, 0.3) is 10.0 Å². The van der Waals surface area contributed by atoms with E-state index in [4.69, 9.17) is 9.47 Å². The van der Waals surface area contributed by atoms with E-state index in [1.807, 2.05) is 13.8 Å². The third-order valence-corrected chi connectivity index (χ3v) is 6.79. The van der Waals surface area contributed by atoms with E-state index < -0.39 is 33.8 Å². The van der Waals surface area contributed by atoms with Crippen molar-refractivity contribution in [1.82, 2.24) is 3.97 Å². The summed E-state index contributed by atoms with van der Waals surface area (Å²) in [6, 6.07) is 7.95. The Labute approximate surface area is 172 Å². The molecular formula is C21H20FNO6S. The molecule has 1 aliphatic heterocycles. The van der Waals surface area contributed by atoms with Crippen LogP contribution in [0.5, 0.6) is 11.5 Å². The predicted octanol–water partition coefficient (Wildman–Crippen LogP) is 3.50. The lowest BCUT2D eigenvalue weighted by molar-refractivity contribution is -0.136. The molecule has 4 rings (SSSR count). The van der Waals surface area contributed by atoms with Crippen molar-refractivity contribution in [3.8, 4) is 11.5 Å². The molecule has 9 heteroatoms. The number of hydrogen-bond donors (Lipinski definition) is 1. The maximum Gasteiger partial charge on any atom is 0.307 e. The maximum atomic E-state index is 13.8. The zero-order valence-electron chi connectivity index (χ0n) is 16.6. The normalized spacial score (nSPS) is 15.3. The van der Waals surface area contributed by atoms with Crippen LogP contribution in [0.1, 0.15) is 25.1 Å². The van der Waals surface area contributed by atoms with E-state index in [9.17, 15) is 22.7 Å². The van der Waals surface area contributed by atoms with Gasteiger partial charge in [0.2, 0.25) is 0 Å². The number of carbonyl (C=O) groups is 1. The highest BCUT2D eigenvalue weighted by molar-refractivity contribution is 7.90. The van der Waals surface area contributed by atoms with Gasteiger partial charge in [-0.2, -0.15) is 0 Å². The molecule has 158 valence electrons. The van der Waals surface area contributed by atoms with Crippen molar-refractivity contribution < 1.29 is 32.2 Å². The van der Waals surface area contributed by atoms with E-state index in [-0.39, 0.29) is 33.7 Å². The topological polar surface area (TPSA) is 94.8 Å². The van der Waals surface area contributed by atoms with E-state index in [0.717, 1.165) is 16.1 Å². The molecule has 3 aromatic rings. The minimum atomic E-state index is -4.12. The summed E-state index contributed by atoms with van der Waals surface area (Å²) >= 11 is 0. The first kappa shape index (κ1) is 20.2. The van der Waals surface area contributed by atoms with Crippen LogP contribution >= 0.6 is 0 Å². The number of fused-ring (bicyclic) bond motifs is 2. The van der Waals surface area contributed by atoms with Crippen molar-refractivity contribution in [2.24, 2.45) is 0 Å². The molecule has 1 aromatic heterocycles. The first-order valence-corrected chi connectivity index (χ1v) is 10.7. The zero-order chi connectivity index (χ0) is 21.8. The lowest BCUT2D eigenvalue weighted by Crippen LogP contribution is -2.38. The van der Waals surface area contributed by atoms with Crippen LogP contribution in [-0.4, -0.2) is 35.7 Å². The molecule has 0 atom stereocenters. The Morgan fingerprint density at radius 1 is 1.20 bits per heavy atom. The molecule has 2 aromatic carbocycles. The molecule has 0 fully saturated rings. The Morgan fingerprint density at radius 2 is 1.93 bits per heavy atom. The number of carboxylic acid groups (broad SMARTS) is 1. The summed E-state index contributed by atoms with van der Waals surface area (Å²) in [4.78, 5) is 11.3. The Morgan fingerprint density at radius 3 is 2.63 bits per heavy atom. The van der Waals surface area contributed by atoms with Gasteiger partial charge in [0.05, 0.1) is 16.8 Å². The van der Waals surface area contributed by atoms with E-state index >= 15 is 0 Å². The van der Waals surface area contributed by atoms with Crippen molar-refractivity contribution in [3.05, 3.63) is 53.5 Å². The second-order valence-electron chi connectivity index (χ2n) is 7.82. The van der Waals surface area contributed by atoms with Crippen LogP contribution in [0.25, 0.3) is 10.9 Å². The minimum Gasteiger partial charge on any atom is -0.486 e. The van der Waals surface area contributed by atoms with Gasteiger partial charge < -0.3 is 14.6 Å². The molecule has 0 radical (unpaired) electrons. The fourth-order valence-corrected chi connectivity index (χ4v) is 5.24. The second-order valence-corrected chi connectivity index (χ2v) is 9.61. The molecule has 0 spiro atoms. The highest BCUT2D eigenvalue weighted by Crippen LogP contribution is 2.38. The van der Waals surface area contributed by atoms with Crippen LogP contribution in [0, 0.1) is 12.7 Å². The fraction of sp³-hybridized carbons (Fsp3) is 0.286. The summed E-state index contributed by atoms with van der Waals surface area (Å²) in [5.41, 5.74) is 0.145. The molecule has 1 aliphatic rings. The molecule has 0 saturated carbocycles. The van der Waals surface area contributed by atoms with Crippen molar-refractivity contribution in [2.75, 3.05) is 6.61 Å². The highest BCUT2D eigenvalue weighted by Gasteiger charge is 2.31. The van der Waals surface area contributed by atoms with E-state index in [1.165, 1.54) is 31.2 Å². The number of hydrogen-bond acceptors (Lipinski definition) is 5. The molecule has 30 heavy (non-hydrogen) atoms. The van der Waals surface area contributed by atoms with Crippen LogP contribution < -0.4 is 9.47 Å². The smallest absolute Gasteiger partial charge is 0.307 e. The first-order valence-electron chi connectivity index (χ1n) is 9.22. The number of ether oxygens (including phenoxy) is 2. The largest absolute Gasteiger partial charge is 0.486 e. The van der Waals surface area contributed by atoms with E-state index in [2.05, 4.69) is 0 Å². The number of halogens is 1. The van der Waals surface area contributed by atoms with Gasteiger partial charge in [-0.25, -0.2) is 16.8 Å². The van der Waals surface area contributed by atoms with Gasteiger partial charge in [0, 0.05) is 17.1 Å². The fourth-order valence-electron chi connectivity index (χ4n) is 3.64. The Bertz CT molecular complexity index is 1290. The third-order valence-electron chi connectivity index (χ3n) is 4.99. The van der Waals surface area contributed by atoms with Crippen molar-refractivity contribution in [2.45, 2.75) is 37.7 Å². The average molecular weight is 433 g/mol. The van der Waals surface area contributed by atoms with Gasteiger partial charge in [-0.15, -0.1) is 0 Å². The van der Waals surface area contributed by atoms with Gasteiger partial charge in [0.1, 0.15) is 18.0 Å². The Balaban J connectivity index is 1.90. The molecule has 0 bridgehead atoms. The third kappa shape index (κ3) is 3.28. The quantitative estimate of drug-likeness (QED) is 0.677. The molecule has 0 amide bonds. The number of aromatic nitrogens is 1. The van der Waals surface area contributed by atoms with Crippen molar-refractivity contribution >= 4 is 26.9 Å². The van der Waals surface area contributed by atoms with Crippen LogP contribution in [0.2, 0.25) is 0 Å². The summed E-state index contributed by atoms with van der Waals surface area (Å²) in [6.45, 7) is 5.49. The maximum absolute atomic E-state index is 13.8. The van der Waals surface area contributed by atoms with Gasteiger partial charge in [-0.3, -0.25) is 4.79 Å². The van der Waals surface area contributed by atoms with Crippen molar-refractivity contribution in [1.29, 1.82) is 0 Å². The monoisotopic (exact) mass is 433 g/mol. The molecular weight excluding hydrogens is 413 g/mol. The lowest BCUT2D eigenvalue weighted by Gasteiger charge is -2.32. The van der Waals surface area contributed by atoms with Crippen LogP contribution in [0.4, 0.5) is 4.39 Å². The number of aliphatic carboxylic acids is 1. The predicted molar refractivity (Wildman–Crippen MR) is 107 cm³/mol. The summed E-state index contributed by atoms with van der Waals surface area (Å²) in [7, 11) is -4.12. The second kappa shape index (κ2) is 6.73. The molecule has 0 unspecified atom stereocenters.